The third-order valence-electron chi connectivity index (χ3n) is 6.26. The highest BCUT2D eigenvalue weighted by Gasteiger charge is 2.28. The first-order chi connectivity index (χ1) is 18.2. The van der Waals surface area contributed by atoms with Gasteiger partial charge in [-0.15, -0.1) is 11.3 Å². The summed E-state index contributed by atoms with van der Waals surface area (Å²) in [6.45, 7) is 2.77. The molecule has 0 fully saturated rings. The number of amides is 2. The fourth-order valence-electron chi connectivity index (χ4n) is 4.26. The number of aromatic nitrogens is 2. The van der Waals surface area contributed by atoms with Gasteiger partial charge in [-0.2, -0.15) is 0 Å². The van der Waals surface area contributed by atoms with Gasteiger partial charge in [-0.3, -0.25) is 9.59 Å². The molecule has 0 saturated carbocycles. The Kier molecular flexibility index (Phi) is 9.14. The number of nitrogens with zero attached hydrogens (tertiary/aromatic N) is 2. The predicted molar refractivity (Wildman–Crippen MR) is 147 cm³/mol. The molecule has 1 aliphatic carbocycles. The van der Waals surface area contributed by atoms with Crippen molar-refractivity contribution in [2.24, 2.45) is 0 Å². The lowest BCUT2D eigenvalue weighted by Crippen LogP contribution is -2.27. The summed E-state index contributed by atoms with van der Waals surface area (Å²) >= 11 is 7.58. The van der Waals surface area contributed by atoms with Crippen LogP contribution in [0.4, 0.5) is 5.00 Å². The molecule has 2 amide bonds. The Morgan fingerprint density at radius 1 is 1.16 bits per heavy atom. The van der Waals surface area contributed by atoms with Crippen molar-refractivity contribution >= 4 is 49.6 Å². The highest BCUT2D eigenvalue weighted by atomic mass is 35.5. The van der Waals surface area contributed by atoms with Gasteiger partial charge in [0.2, 0.25) is 15.0 Å². The van der Waals surface area contributed by atoms with Crippen molar-refractivity contribution in [3.8, 4) is 0 Å². The molecule has 0 radical (unpaired) electrons. The summed E-state index contributed by atoms with van der Waals surface area (Å²) in [7, 11) is -2.35. The van der Waals surface area contributed by atoms with Crippen LogP contribution in [0.15, 0.2) is 35.6 Å². The smallest absolute Gasteiger partial charge is 0.276 e. The molecular formula is C26H29ClN4O5S2. The molecule has 38 heavy (non-hydrogen) atoms. The average molecular weight is 577 g/mol. The minimum atomic E-state index is -3.95. The number of hydrogen-bond donors (Lipinski definition) is 2. The van der Waals surface area contributed by atoms with E-state index in [4.69, 9.17) is 16.3 Å². The maximum atomic E-state index is 13.3. The van der Waals surface area contributed by atoms with Crippen molar-refractivity contribution in [1.29, 1.82) is 0 Å². The van der Waals surface area contributed by atoms with E-state index in [1.807, 2.05) is 19.1 Å². The van der Waals surface area contributed by atoms with Gasteiger partial charge in [0.15, 0.2) is 5.69 Å². The van der Waals surface area contributed by atoms with Crippen LogP contribution in [0, 0.1) is 6.92 Å². The van der Waals surface area contributed by atoms with Crippen LogP contribution in [0.1, 0.15) is 61.7 Å². The van der Waals surface area contributed by atoms with E-state index in [-0.39, 0.29) is 22.4 Å². The number of sulfone groups is 1. The lowest BCUT2D eigenvalue weighted by atomic mass is 9.95. The number of hydrogen-bond acceptors (Lipinski definition) is 8. The van der Waals surface area contributed by atoms with E-state index < -0.39 is 20.9 Å². The molecular weight excluding hydrogens is 548 g/mol. The number of carbonyl (C=O) groups is 2. The number of ether oxygens (including phenoxy) is 1. The second-order valence-electron chi connectivity index (χ2n) is 9.01. The second kappa shape index (κ2) is 12.3. The number of carbonyl (C=O) groups excluding carboxylic acids is 2. The number of halogens is 1. The molecule has 3 aromatic rings. The highest BCUT2D eigenvalue weighted by molar-refractivity contribution is 7.90. The summed E-state index contributed by atoms with van der Waals surface area (Å²) < 4.78 is 31.2. The molecule has 4 rings (SSSR count). The van der Waals surface area contributed by atoms with Crippen molar-refractivity contribution in [2.75, 3.05) is 25.6 Å². The number of benzene rings is 1. The summed E-state index contributed by atoms with van der Waals surface area (Å²) in [5, 5.41) is 5.48. The zero-order valence-corrected chi connectivity index (χ0v) is 23.6. The van der Waals surface area contributed by atoms with Crippen LogP contribution in [0.3, 0.4) is 0 Å². The molecule has 0 spiro atoms. The van der Waals surface area contributed by atoms with Crippen LogP contribution in [0.25, 0.3) is 0 Å². The van der Waals surface area contributed by atoms with E-state index >= 15 is 0 Å². The van der Waals surface area contributed by atoms with Crippen LogP contribution in [-0.4, -0.2) is 50.5 Å². The number of anilines is 1. The molecule has 2 heterocycles. The van der Waals surface area contributed by atoms with Gasteiger partial charge in [-0.25, -0.2) is 18.4 Å². The van der Waals surface area contributed by atoms with Crippen molar-refractivity contribution in [1.82, 2.24) is 15.3 Å². The minimum absolute atomic E-state index is 0.0933. The van der Waals surface area contributed by atoms with E-state index in [2.05, 4.69) is 20.6 Å². The summed E-state index contributed by atoms with van der Waals surface area (Å²) in [4.78, 5) is 35.4. The lowest BCUT2D eigenvalue weighted by molar-refractivity contribution is 0.0948. The quantitative estimate of drug-likeness (QED) is 0.271. The van der Waals surface area contributed by atoms with Gasteiger partial charge in [0, 0.05) is 25.1 Å². The topological polar surface area (TPSA) is 127 Å². The molecule has 1 aromatic carbocycles. The molecule has 9 nitrogen and oxygen atoms in total. The van der Waals surface area contributed by atoms with Gasteiger partial charge in [-0.1, -0.05) is 35.9 Å². The molecule has 0 unspecified atom stereocenters. The largest absolute Gasteiger partial charge is 0.385 e. The zero-order chi connectivity index (χ0) is 27.3. The summed E-state index contributed by atoms with van der Waals surface area (Å²) in [6.07, 6.45) is 5.31. The van der Waals surface area contributed by atoms with E-state index in [0.29, 0.717) is 35.7 Å². The van der Waals surface area contributed by atoms with Crippen molar-refractivity contribution in [3.05, 3.63) is 68.3 Å². The fourth-order valence-corrected chi connectivity index (χ4v) is 7.03. The van der Waals surface area contributed by atoms with Crippen molar-refractivity contribution in [3.63, 3.8) is 0 Å². The zero-order valence-electron chi connectivity index (χ0n) is 21.2. The first-order valence-corrected chi connectivity index (χ1v) is 15.1. The number of nitrogens with one attached hydrogen (secondary N) is 2. The Morgan fingerprint density at radius 3 is 2.68 bits per heavy atom. The Labute approximate surface area is 230 Å². The maximum Gasteiger partial charge on any atom is 0.276 e. The Balaban J connectivity index is 1.60. The van der Waals surface area contributed by atoms with Gasteiger partial charge in [-0.05, 0) is 55.7 Å². The molecule has 0 aliphatic heterocycles. The summed E-state index contributed by atoms with van der Waals surface area (Å²) in [5.41, 5.74) is 2.53. The second-order valence-corrected chi connectivity index (χ2v) is 12.4. The van der Waals surface area contributed by atoms with Gasteiger partial charge in [0.05, 0.1) is 22.5 Å². The van der Waals surface area contributed by atoms with Crippen LogP contribution in [0.5, 0.6) is 0 Å². The molecule has 1 aliphatic rings. The summed E-state index contributed by atoms with van der Waals surface area (Å²) in [6, 6.07) is 7.11. The van der Waals surface area contributed by atoms with Crippen LogP contribution in [0.2, 0.25) is 5.02 Å². The lowest BCUT2D eigenvalue weighted by Gasteiger charge is -2.13. The van der Waals surface area contributed by atoms with Crippen molar-refractivity contribution < 1.29 is 22.7 Å². The standard InChI is InChI=1S/C26H29ClN4O5S2/c1-16-8-3-4-9-17(16)15-38(34,35)26-29-14-19(27)22(30-26)24(33)31-25-21(23(32)28-12-7-13-36-2)18-10-5-6-11-20(18)37-25/h3-4,8-9,14H,5-7,10-13,15H2,1-2H3,(H,28,32)(H,31,33). The van der Waals surface area contributed by atoms with Crippen LogP contribution in [-0.2, 0) is 33.2 Å². The third-order valence-corrected chi connectivity index (χ3v) is 9.19. The summed E-state index contributed by atoms with van der Waals surface area (Å²) in [5.74, 6) is -1.30. The van der Waals surface area contributed by atoms with E-state index in [1.165, 1.54) is 11.3 Å². The molecule has 0 saturated heterocycles. The van der Waals surface area contributed by atoms with E-state index in [9.17, 15) is 18.0 Å². The van der Waals surface area contributed by atoms with Crippen LogP contribution < -0.4 is 10.6 Å². The van der Waals surface area contributed by atoms with Gasteiger partial charge >= 0.3 is 0 Å². The number of aryl methyl sites for hydroxylation is 2. The Hall–Kier alpha value is -2.86. The monoisotopic (exact) mass is 576 g/mol. The maximum absolute atomic E-state index is 13.3. The third kappa shape index (κ3) is 6.40. The average Bonchev–Trinajstić information content (AvgIpc) is 3.25. The Bertz CT molecular complexity index is 1460. The van der Waals surface area contributed by atoms with Gasteiger partial charge in [0.1, 0.15) is 5.00 Å². The number of methoxy groups -OCH3 is 1. The molecule has 2 aromatic heterocycles. The van der Waals surface area contributed by atoms with Gasteiger partial charge < -0.3 is 15.4 Å². The highest BCUT2D eigenvalue weighted by Crippen LogP contribution is 2.38. The normalized spacial score (nSPS) is 13.1. The van der Waals surface area contributed by atoms with Crippen LogP contribution >= 0.6 is 22.9 Å². The molecule has 12 heteroatoms. The molecule has 0 bridgehead atoms. The van der Waals surface area contributed by atoms with Gasteiger partial charge in [0.25, 0.3) is 11.8 Å². The number of fused-ring (bicyclic) bond motifs is 1. The predicted octanol–water partition coefficient (Wildman–Crippen LogP) is 4.37. The first kappa shape index (κ1) is 28.2. The molecule has 0 atom stereocenters. The first-order valence-electron chi connectivity index (χ1n) is 12.2. The van der Waals surface area contributed by atoms with Crippen molar-refractivity contribution in [2.45, 2.75) is 49.9 Å². The van der Waals surface area contributed by atoms with E-state index in [1.54, 1.807) is 19.2 Å². The number of thiophene rings is 1. The Morgan fingerprint density at radius 2 is 1.92 bits per heavy atom. The fraction of sp³-hybridized carbons (Fsp3) is 0.385. The minimum Gasteiger partial charge on any atom is -0.385 e. The number of rotatable bonds is 10. The molecule has 2 N–H and O–H groups in total. The molecule has 202 valence electrons. The van der Waals surface area contributed by atoms with E-state index in [0.717, 1.165) is 47.9 Å². The SMILES string of the molecule is COCCCNC(=O)c1c(NC(=O)c2nc(S(=O)(=O)Cc3ccccc3C)ncc2Cl)sc2c1CCCC2.